The number of nitrogens with zero attached hydrogens (tertiary/aromatic N) is 5. The summed E-state index contributed by atoms with van der Waals surface area (Å²) in [5.74, 6) is 2.43. The lowest BCUT2D eigenvalue weighted by Gasteiger charge is -2.09. The van der Waals surface area contributed by atoms with Gasteiger partial charge < -0.3 is 9.15 Å². The van der Waals surface area contributed by atoms with E-state index < -0.39 is 0 Å². The van der Waals surface area contributed by atoms with Gasteiger partial charge in [0.1, 0.15) is 5.76 Å². The molecule has 0 bridgehead atoms. The van der Waals surface area contributed by atoms with Crippen LogP contribution in [-0.2, 0) is 17.0 Å². The second kappa shape index (κ2) is 7.04. The Bertz CT molecular complexity index is 806. The molecule has 7 nitrogen and oxygen atoms in total. The molecule has 1 aliphatic heterocycles. The molecule has 0 aromatic carbocycles. The molecule has 24 heavy (non-hydrogen) atoms. The molecule has 0 amide bonds. The topological polar surface area (TPSA) is 78.9 Å². The minimum Gasteiger partial charge on any atom is -0.459 e. The van der Waals surface area contributed by atoms with Crippen molar-refractivity contribution in [3.63, 3.8) is 0 Å². The van der Waals surface area contributed by atoms with Crippen molar-refractivity contribution >= 4 is 23.1 Å². The minimum absolute atomic E-state index is 0.223. The van der Waals surface area contributed by atoms with Gasteiger partial charge in [0.2, 0.25) is 5.16 Å². The lowest BCUT2D eigenvalue weighted by molar-refractivity contribution is 0.0912. The second-order valence-electron chi connectivity index (χ2n) is 5.62. The Labute approximate surface area is 147 Å². The van der Waals surface area contributed by atoms with Crippen LogP contribution < -0.4 is 0 Å². The number of hydrogen-bond acceptors (Lipinski definition) is 8. The summed E-state index contributed by atoms with van der Waals surface area (Å²) < 4.78 is 13.1. The van der Waals surface area contributed by atoms with Crippen molar-refractivity contribution in [2.24, 2.45) is 0 Å². The average Bonchev–Trinajstić information content (AvgIpc) is 3.34. The smallest absolute Gasteiger partial charge is 0.209 e. The molecule has 3 aromatic heterocycles. The van der Waals surface area contributed by atoms with Crippen molar-refractivity contribution in [1.29, 1.82) is 0 Å². The van der Waals surface area contributed by atoms with E-state index in [0.717, 1.165) is 52.6 Å². The third-order valence-corrected chi connectivity index (χ3v) is 5.65. The van der Waals surface area contributed by atoms with Crippen molar-refractivity contribution in [2.45, 2.75) is 43.3 Å². The van der Waals surface area contributed by atoms with Crippen LogP contribution in [0.1, 0.15) is 24.3 Å². The summed E-state index contributed by atoms with van der Waals surface area (Å²) in [7, 11) is 0. The van der Waals surface area contributed by atoms with Crippen molar-refractivity contribution in [1.82, 2.24) is 25.2 Å². The van der Waals surface area contributed by atoms with Gasteiger partial charge in [-0.3, -0.25) is 0 Å². The quantitative estimate of drug-likeness (QED) is 0.622. The lowest BCUT2D eigenvalue weighted by Crippen LogP contribution is -2.16. The summed E-state index contributed by atoms with van der Waals surface area (Å²) in [6.45, 7) is 3.48. The fraction of sp³-hybridized carbons (Fsp3) is 0.467. The molecule has 9 heteroatoms. The number of tetrazole rings is 1. The minimum atomic E-state index is 0.223. The maximum atomic E-state index is 5.65. The Balaban J connectivity index is 1.39. The first kappa shape index (κ1) is 15.8. The monoisotopic (exact) mass is 363 g/mol. The van der Waals surface area contributed by atoms with Crippen LogP contribution in [0.3, 0.4) is 0 Å². The largest absolute Gasteiger partial charge is 0.459 e. The third-order valence-electron chi connectivity index (χ3n) is 3.75. The molecule has 0 unspecified atom stereocenters. The van der Waals surface area contributed by atoms with Gasteiger partial charge in [0.05, 0.1) is 18.3 Å². The Morgan fingerprint density at radius 1 is 1.42 bits per heavy atom. The Hall–Kier alpha value is -1.71. The molecule has 0 radical (unpaired) electrons. The zero-order valence-electron chi connectivity index (χ0n) is 13.2. The summed E-state index contributed by atoms with van der Waals surface area (Å²) in [4.78, 5) is 4.63. The molecule has 1 atom stereocenters. The Morgan fingerprint density at radius 2 is 2.38 bits per heavy atom. The molecule has 126 valence electrons. The Morgan fingerprint density at radius 3 is 3.17 bits per heavy atom. The van der Waals surface area contributed by atoms with Crippen LogP contribution in [0.5, 0.6) is 0 Å². The standard InChI is InChI=1S/C15H17N5O2S2/c1-10-4-5-13(22-10)14-16-11(8-23-14)9-24-15-17-18-19-20(15)7-12-3-2-6-21-12/h4-5,8,12H,2-3,6-7,9H2,1H3/t12-/m0/s1. The number of furan rings is 1. The van der Waals surface area contributed by atoms with E-state index in [1.54, 1.807) is 23.1 Å². The van der Waals surface area contributed by atoms with Crippen molar-refractivity contribution in [3.8, 4) is 10.8 Å². The zero-order valence-corrected chi connectivity index (χ0v) is 14.8. The lowest BCUT2D eigenvalue weighted by atomic mass is 10.2. The second-order valence-corrected chi connectivity index (χ2v) is 7.42. The number of thiazole rings is 1. The average molecular weight is 363 g/mol. The van der Waals surface area contributed by atoms with Crippen LogP contribution in [0, 0.1) is 6.92 Å². The molecule has 1 saturated heterocycles. The molecular weight excluding hydrogens is 346 g/mol. The van der Waals surface area contributed by atoms with Gasteiger partial charge in [0, 0.05) is 17.7 Å². The van der Waals surface area contributed by atoms with Crippen LogP contribution >= 0.6 is 23.1 Å². The highest BCUT2D eigenvalue weighted by atomic mass is 32.2. The van der Waals surface area contributed by atoms with Crippen LogP contribution in [0.25, 0.3) is 10.8 Å². The van der Waals surface area contributed by atoms with E-state index in [2.05, 4.69) is 25.9 Å². The maximum absolute atomic E-state index is 5.65. The molecule has 4 heterocycles. The predicted octanol–water partition coefficient (Wildman–Crippen LogP) is 3.17. The van der Waals surface area contributed by atoms with E-state index in [-0.39, 0.29) is 6.10 Å². The first-order chi connectivity index (χ1) is 11.8. The summed E-state index contributed by atoms with van der Waals surface area (Å²) in [6, 6.07) is 3.90. The van der Waals surface area contributed by atoms with Gasteiger partial charge >= 0.3 is 0 Å². The molecule has 1 fully saturated rings. The fourth-order valence-corrected chi connectivity index (χ4v) is 4.23. The summed E-state index contributed by atoms with van der Waals surface area (Å²) in [5, 5.41) is 15.7. The van der Waals surface area contributed by atoms with Crippen LogP contribution in [0.2, 0.25) is 0 Å². The van der Waals surface area contributed by atoms with Gasteiger partial charge in [-0.05, 0) is 42.3 Å². The number of aryl methyl sites for hydroxylation is 1. The highest BCUT2D eigenvalue weighted by molar-refractivity contribution is 7.98. The van der Waals surface area contributed by atoms with Gasteiger partial charge in [-0.2, -0.15) is 0 Å². The first-order valence-corrected chi connectivity index (χ1v) is 9.66. The number of ether oxygens (including phenoxy) is 1. The molecule has 0 spiro atoms. The fourth-order valence-electron chi connectivity index (χ4n) is 2.57. The van der Waals surface area contributed by atoms with E-state index in [9.17, 15) is 0 Å². The molecule has 3 aromatic rings. The highest BCUT2D eigenvalue weighted by Gasteiger charge is 2.19. The summed E-state index contributed by atoms with van der Waals surface area (Å²) >= 11 is 3.18. The molecule has 4 rings (SSSR count). The number of hydrogen-bond donors (Lipinski definition) is 0. The molecule has 1 aliphatic rings. The van der Waals surface area contributed by atoms with E-state index in [1.807, 2.05) is 23.7 Å². The van der Waals surface area contributed by atoms with Gasteiger partial charge in [-0.1, -0.05) is 11.8 Å². The zero-order chi connectivity index (χ0) is 16.4. The summed E-state index contributed by atoms with van der Waals surface area (Å²) in [6.07, 6.45) is 2.41. The summed E-state index contributed by atoms with van der Waals surface area (Å²) in [5.41, 5.74) is 1.00. The molecule has 0 N–H and O–H groups in total. The van der Waals surface area contributed by atoms with Gasteiger partial charge in [0.15, 0.2) is 10.8 Å². The number of rotatable bonds is 6. The normalized spacial score (nSPS) is 17.6. The molecule has 0 aliphatic carbocycles. The van der Waals surface area contributed by atoms with E-state index in [0.29, 0.717) is 6.54 Å². The van der Waals surface area contributed by atoms with Gasteiger partial charge in [-0.25, -0.2) is 9.67 Å². The van der Waals surface area contributed by atoms with Crippen LogP contribution in [0.15, 0.2) is 27.1 Å². The Kier molecular flexibility index (Phi) is 4.63. The maximum Gasteiger partial charge on any atom is 0.209 e. The predicted molar refractivity (Wildman–Crippen MR) is 90.9 cm³/mol. The van der Waals surface area contributed by atoms with E-state index in [4.69, 9.17) is 9.15 Å². The SMILES string of the molecule is Cc1ccc(-c2nc(CSc3nnnn3C[C@@H]3CCCO3)cs2)o1. The van der Waals surface area contributed by atoms with Gasteiger partial charge in [-0.15, -0.1) is 16.4 Å². The van der Waals surface area contributed by atoms with E-state index >= 15 is 0 Å². The van der Waals surface area contributed by atoms with Crippen molar-refractivity contribution < 1.29 is 9.15 Å². The molecular formula is C15H17N5O2S2. The van der Waals surface area contributed by atoms with Crippen LogP contribution in [-0.4, -0.2) is 37.9 Å². The van der Waals surface area contributed by atoms with Crippen LogP contribution in [0.4, 0.5) is 0 Å². The van der Waals surface area contributed by atoms with E-state index in [1.165, 1.54) is 0 Å². The van der Waals surface area contributed by atoms with Gasteiger partial charge in [0.25, 0.3) is 0 Å². The number of aromatic nitrogens is 5. The first-order valence-electron chi connectivity index (χ1n) is 7.80. The highest BCUT2D eigenvalue weighted by Crippen LogP contribution is 2.28. The number of thioether (sulfide) groups is 1. The molecule has 0 saturated carbocycles. The van der Waals surface area contributed by atoms with Crippen molar-refractivity contribution in [2.75, 3.05) is 6.61 Å². The van der Waals surface area contributed by atoms with Crippen molar-refractivity contribution in [3.05, 3.63) is 29.0 Å². The third kappa shape index (κ3) is 3.52.